The largest absolute Gasteiger partial charge is 0.384 e. The van der Waals surface area contributed by atoms with Crippen LogP contribution in [0, 0.1) is 10.1 Å². The molecule has 0 aliphatic heterocycles. The zero-order chi connectivity index (χ0) is 14.4. The summed E-state index contributed by atoms with van der Waals surface area (Å²) in [5.41, 5.74) is 7.81. The standard InChI is InChI=1S/C15H15N3O2/c16-15(13-6-8-14(9-7-13)18(19)20)17-11-10-12-4-2-1-3-5-12/h1-9H,10-11H2,(H2,16,17). The van der Waals surface area contributed by atoms with Gasteiger partial charge in [-0.2, -0.15) is 0 Å². The van der Waals surface area contributed by atoms with Crippen LogP contribution in [0.1, 0.15) is 11.1 Å². The Morgan fingerprint density at radius 2 is 1.75 bits per heavy atom. The summed E-state index contributed by atoms with van der Waals surface area (Å²) in [6.07, 6.45) is 0.814. The van der Waals surface area contributed by atoms with Gasteiger partial charge < -0.3 is 5.73 Å². The molecule has 0 unspecified atom stereocenters. The molecule has 0 aromatic heterocycles. The summed E-state index contributed by atoms with van der Waals surface area (Å²) in [6, 6.07) is 16.1. The Morgan fingerprint density at radius 1 is 1.10 bits per heavy atom. The Balaban J connectivity index is 1.98. The van der Waals surface area contributed by atoms with Gasteiger partial charge in [0.05, 0.1) is 4.92 Å². The predicted molar refractivity (Wildman–Crippen MR) is 78.8 cm³/mol. The average molecular weight is 269 g/mol. The molecular weight excluding hydrogens is 254 g/mol. The van der Waals surface area contributed by atoms with Gasteiger partial charge in [-0.1, -0.05) is 30.3 Å². The molecule has 0 aliphatic rings. The van der Waals surface area contributed by atoms with Crippen LogP contribution in [0.3, 0.4) is 0 Å². The summed E-state index contributed by atoms with van der Waals surface area (Å²) in [5.74, 6) is 0.399. The molecule has 2 aromatic rings. The first-order valence-corrected chi connectivity index (χ1v) is 6.25. The van der Waals surface area contributed by atoms with Crippen LogP contribution >= 0.6 is 0 Å². The number of benzene rings is 2. The Bertz CT molecular complexity index is 607. The van der Waals surface area contributed by atoms with Crippen LogP contribution in [0.25, 0.3) is 0 Å². The normalized spacial score (nSPS) is 11.3. The van der Waals surface area contributed by atoms with Crippen molar-refractivity contribution in [3.05, 3.63) is 75.8 Å². The van der Waals surface area contributed by atoms with Crippen molar-refractivity contribution in [3.8, 4) is 0 Å². The zero-order valence-corrected chi connectivity index (χ0v) is 10.9. The van der Waals surface area contributed by atoms with Gasteiger partial charge in [0.25, 0.3) is 5.69 Å². The molecule has 0 aliphatic carbocycles. The number of nitro groups is 1. The van der Waals surface area contributed by atoms with E-state index in [0.717, 1.165) is 6.42 Å². The van der Waals surface area contributed by atoms with Gasteiger partial charge in [0, 0.05) is 24.2 Å². The quantitative estimate of drug-likeness (QED) is 0.392. The molecule has 0 atom stereocenters. The van der Waals surface area contributed by atoms with Crippen LogP contribution in [-0.2, 0) is 6.42 Å². The number of nitrogens with zero attached hydrogens (tertiary/aromatic N) is 2. The molecule has 0 amide bonds. The molecule has 102 valence electrons. The molecule has 2 N–H and O–H groups in total. The van der Waals surface area contributed by atoms with E-state index >= 15 is 0 Å². The van der Waals surface area contributed by atoms with Gasteiger partial charge in [-0.05, 0) is 24.1 Å². The van der Waals surface area contributed by atoms with Gasteiger partial charge in [-0.25, -0.2) is 0 Å². The van der Waals surface area contributed by atoms with E-state index in [9.17, 15) is 10.1 Å². The number of nitro benzene ring substituents is 1. The first-order chi connectivity index (χ1) is 9.66. The van der Waals surface area contributed by atoms with Gasteiger partial charge >= 0.3 is 0 Å². The molecular formula is C15H15N3O2. The summed E-state index contributed by atoms with van der Waals surface area (Å²) < 4.78 is 0. The maximum atomic E-state index is 10.6. The van der Waals surface area contributed by atoms with Crippen LogP contribution in [0.5, 0.6) is 0 Å². The van der Waals surface area contributed by atoms with Gasteiger partial charge in [0.15, 0.2) is 0 Å². The first-order valence-electron chi connectivity index (χ1n) is 6.25. The number of amidine groups is 1. The summed E-state index contributed by atoms with van der Waals surface area (Å²) in [7, 11) is 0. The second-order valence-electron chi connectivity index (χ2n) is 4.31. The molecule has 0 bridgehead atoms. The molecule has 5 nitrogen and oxygen atoms in total. The van der Waals surface area contributed by atoms with E-state index in [2.05, 4.69) is 4.99 Å². The maximum Gasteiger partial charge on any atom is 0.269 e. The highest BCUT2D eigenvalue weighted by atomic mass is 16.6. The lowest BCUT2D eigenvalue weighted by Gasteiger charge is -2.02. The minimum absolute atomic E-state index is 0.0471. The lowest BCUT2D eigenvalue weighted by molar-refractivity contribution is -0.384. The van der Waals surface area contributed by atoms with E-state index < -0.39 is 4.92 Å². The van der Waals surface area contributed by atoms with Crippen molar-refractivity contribution in [1.29, 1.82) is 0 Å². The highest BCUT2D eigenvalue weighted by molar-refractivity contribution is 5.97. The molecule has 0 spiro atoms. The number of aliphatic imine (C=N–C) groups is 1. The molecule has 0 radical (unpaired) electrons. The number of hydrogen-bond acceptors (Lipinski definition) is 3. The fourth-order valence-electron chi connectivity index (χ4n) is 1.80. The van der Waals surface area contributed by atoms with Crippen LogP contribution in [0.2, 0.25) is 0 Å². The molecule has 5 heteroatoms. The SMILES string of the molecule is NC(=NCCc1ccccc1)c1ccc([N+](=O)[O-])cc1. The Labute approximate surface area is 116 Å². The molecule has 0 saturated heterocycles. The van der Waals surface area contributed by atoms with Crippen molar-refractivity contribution in [1.82, 2.24) is 0 Å². The first kappa shape index (κ1) is 13.7. The van der Waals surface area contributed by atoms with Crippen LogP contribution in [-0.4, -0.2) is 17.3 Å². The summed E-state index contributed by atoms with van der Waals surface area (Å²) in [4.78, 5) is 14.4. The van der Waals surface area contributed by atoms with E-state index in [1.54, 1.807) is 12.1 Å². The van der Waals surface area contributed by atoms with Crippen LogP contribution < -0.4 is 5.73 Å². The second kappa shape index (κ2) is 6.47. The Hall–Kier alpha value is -2.69. The van der Waals surface area contributed by atoms with Crippen molar-refractivity contribution < 1.29 is 4.92 Å². The summed E-state index contributed by atoms with van der Waals surface area (Å²) >= 11 is 0. The third-order valence-electron chi connectivity index (χ3n) is 2.90. The number of non-ortho nitro benzene ring substituents is 1. The third-order valence-corrected chi connectivity index (χ3v) is 2.90. The van der Waals surface area contributed by atoms with E-state index in [1.807, 2.05) is 30.3 Å². The van der Waals surface area contributed by atoms with Gasteiger partial charge in [-0.3, -0.25) is 15.1 Å². The molecule has 2 rings (SSSR count). The van der Waals surface area contributed by atoms with Crippen LogP contribution in [0.15, 0.2) is 59.6 Å². The highest BCUT2D eigenvalue weighted by Gasteiger charge is 2.05. The lowest BCUT2D eigenvalue weighted by atomic mass is 10.1. The number of rotatable bonds is 5. The predicted octanol–water partition coefficient (Wildman–Crippen LogP) is 2.54. The molecule has 0 saturated carbocycles. The fraction of sp³-hybridized carbons (Fsp3) is 0.133. The van der Waals surface area contributed by atoms with Crippen molar-refractivity contribution in [2.45, 2.75) is 6.42 Å². The van der Waals surface area contributed by atoms with E-state index in [-0.39, 0.29) is 5.69 Å². The minimum atomic E-state index is -0.438. The van der Waals surface area contributed by atoms with Gasteiger partial charge in [0.2, 0.25) is 0 Å². The van der Waals surface area contributed by atoms with E-state index in [0.29, 0.717) is 17.9 Å². The smallest absolute Gasteiger partial charge is 0.269 e. The van der Waals surface area contributed by atoms with E-state index in [1.165, 1.54) is 17.7 Å². The maximum absolute atomic E-state index is 10.6. The van der Waals surface area contributed by atoms with Crippen molar-refractivity contribution in [3.63, 3.8) is 0 Å². The number of hydrogen-bond donors (Lipinski definition) is 1. The third kappa shape index (κ3) is 3.65. The fourth-order valence-corrected chi connectivity index (χ4v) is 1.80. The van der Waals surface area contributed by atoms with Gasteiger partial charge in [0.1, 0.15) is 5.84 Å². The van der Waals surface area contributed by atoms with Crippen LogP contribution in [0.4, 0.5) is 5.69 Å². The molecule has 0 fully saturated rings. The molecule has 2 aromatic carbocycles. The Morgan fingerprint density at radius 3 is 2.35 bits per heavy atom. The molecule has 0 heterocycles. The minimum Gasteiger partial charge on any atom is -0.384 e. The topological polar surface area (TPSA) is 81.5 Å². The second-order valence-corrected chi connectivity index (χ2v) is 4.31. The summed E-state index contributed by atoms with van der Waals surface area (Å²) in [6.45, 7) is 0.590. The van der Waals surface area contributed by atoms with Crippen molar-refractivity contribution in [2.24, 2.45) is 10.7 Å². The monoisotopic (exact) mass is 269 g/mol. The zero-order valence-electron chi connectivity index (χ0n) is 10.9. The number of nitrogens with two attached hydrogens (primary N) is 1. The average Bonchev–Trinajstić information content (AvgIpc) is 2.48. The lowest BCUT2D eigenvalue weighted by Crippen LogP contribution is -2.14. The Kier molecular flexibility index (Phi) is 4.44. The van der Waals surface area contributed by atoms with E-state index in [4.69, 9.17) is 5.73 Å². The molecule has 20 heavy (non-hydrogen) atoms. The van der Waals surface area contributed by atoms with Crippen molar-refractivity contribution in [2.75, 3.05) is 6.54 Å². The summed E-state index contributed by atoms with van der Waals surface area (Å²) in [5, 5.41) is 10.6. The van der Waals surface area contributed by atoms with Gasteiger partial charge in [-0.15, -0.1) is 0 Å². The van der Waals surface area contributed by atoms with Crippen molar-refractivity contribution >= 4 is 11.5 Å². The highest BCUT2D eigenvalue weighted by Crippen LogP contribution is 2.11.